The van der Waals surface area contributed by atoms with Gasteiger partial charge in [0.2, 0.25) is 0 Å². The lowest BCUT2D eigenvalue weighted by molar-refractivity contribution is -0.140. The topological polar surface area (TPSA) is 158 Å². The molecule has 4 N–H and O–H groups in total. The van der Waals surface area contributed by atoms with Gasteiger partial charge in [0.1, 0.15) is 17.3 Å². The van der Waals surface area contributed by atoms with Gasteiger partial charge in [0, 0.05) is 30.1 Å². The second kappa shape index (κ2) is 8.87. The Bertz CT molecular complexity index is 1050. The number of carboxylic acid groups (broad SMARTS) is 3. The van der Waals surface area contributed by atoms with Crippen molar-refractivity contribution in [1.82, 2.24) is 10.3 Å². The highest BCUT2D eigenvalue weighted by molar-refractivity contribution is 6.02. The highest BCUT2D eigenvalue weighted by Crippen LogP contribution is 2.37. The molecule has 0 fully saturated rings. The maximum Gasteiger partial charge on any atom is 0.354 e. The zero-order chi connectivity index (χ0) is 21.8. The summed E-state index contributed by atoms with van der Waals surface area (Å²) in [4.78, 5) is 42.4. The monoisotopic (exact) mass is 415 g/mol. The number of carboxylic acids is 3. The van der Waals surface area contributed by atoms with Crippen LogP contribution in [0.5, 0.6) is 5.75 Å². The highest BCUT2D eigenvalue weighted by Gasteiger charge is 2.22. The number of hydrogen-bond donors (Lipinski definition) is 4. The number of hydrogen-bond acceptors (Lipinski definition) is 7. The fraction of sp³-hybridized carbons (Fsp3) is 0.350. The van der Waals surface area contributed by atoms with Gasteiger partial charge in [-0.3, -0.25) is 19.9 Å². The summed E-state index contributed by atoms with van der Waals surface area (Å²) in [5.41, 5.74) is 2.37. The van der Waals surface area contributed by atoms with E-state index >= 15 is 0 Å². The predicted octanol–water partition coefficient (Wildman–Crippen LogP) is 1.87. The number of nitrogens with one attached hydrogen (secondary N) is 1. The van der Waals surface area contributed by atoms with Gasteiger partial charge in [0.15, 0.2) is 5.69 Å². The summed E-state index contributed by atoms with van der Waals surface area (Å²) in [5.74, 6) is -3.00. The van der Waals surface area contributed by atoms with E-state index in [1.54, 1.807) is 0 Å². The Labute approximate surface area is 171 Å². The van der Waals surface area contributed by atoms with Crippen molar-refractivity contribution < 1.29 is 34.4 Å². The molecule has 0 amide bonds. The van der Waals surface area contributed by atoms with E-state index < -0.39 is 23.9 Å². The largest absolute Gasteiger partial charge is 0.496 e. The molecule has 0 bridgehead atoms. The van der Waals surface area contributed by atoms with Crippen molar-refractivity contribution in [3.05, 3.63) is 29.5 Å². The lowest BCUT2D eigenvalue weighted by atomic mass is 9.98. The normalized spacial score (nSPS) is 14.0. The van der Waals surface area contributed by atoms with E-state index in [1.165, 1.54) is 13.2 Å². The highest BCUT2D eigenvalue weighted by atomic mass is 16.5. The van der Waals surface area contributed by atoms with Gasteiger partial charge >= 0.3 is 17.9 Å². The number of aliphatic imine (C=N–C) groups is 1. The summed E-state index contributed by atoms with van der Waals surface area (Å²) in [6, 6.07) is 4.06. The third kappa shape index (κ3) is 4.54. The molecule has 2 aromatic rings. The summed E-state index contributed by atoms with van der Waals surface area (Å²) in [6.07, 6.45) is 0.927. The van der Waals surface area contributed by atoms with Gasteiger partial charge in [-0.2, -0.15) is 0 Å². The summed E-state index contributed by atoms with van der Waals surface area (Å²) in [6.45, 7) is 0.169. The Hall–Kier alpha value is -3.53. The van der Waals surface area contributed by atoms with Crippen LogP contribution in [-0.4, -0.2) is 63.6 Å². The molecule has 0 saturated carbocycles. The third-order valence-electron chi connectivity index (χ3n) is 4.89. The summed E-state index contributed by atoms with van der Waals surface area (Å²) in [5, 5.41) is 30.9. The number of methoxy groups -OCH3 is 1. The fourth-order valence-corrected chi connectivity index (χ4v) is 3.34. The fourth-order valence-electron chi connectivity index (χ4n) is 3.34. The Kier molecular flexibility index (Phi) is 6.26. The lowest BCUT2D eigenvalue weighted by Crippen LogP contribution is -2.40. The molecular formula is C20H21N3O7. The number of carbonyl (C=O) groups is 3. The standard InChI is InChI=1S/C20H21N3O7/c1-30-15-8-14(20(28)29)23-18-12(15)5-3-10-2-4-11(22-17(10)18)9-21-13(19(26)27)6-7-16(24)25/h3,5,8,13,21H,2,4,6-7,9H2,1H3,(H,24,25)(H,26,27)(H,28,29). The number of ether oxygens (including phenoxy) is 1. The molecule has 1 aromatic carbocycles. The number of aliphatic carboxylic acids is 2. The van der Waals surface area contributed by atoms with Gasteiger partial charge in [-0.15, -0.1) is 0 Å². The molecule has 1 atom stereocenters. The first-order valence-corrected chi connectivity index (χ1v) is 9.28. The third-order valence-corrected chi connectivity index (χ3v) is 4.89. The molecule has 0 radical (unpaired) electrons. The number of aryl methyl sites for hydroxylation is 1. The minimum atomic E-state index is -1.18. The van der Waals surface area contributed by atoms with Crippen LogP contribution in [0.15, 0.2) is 23.2 Å². The first-order chi connectivity index (χ1) is 14.3. The van der Waals surface area contributed by atoms with Crippen LogP contribution in [0, 0.1) is 0 Å². The second-order valence-corrected chi connectivity index (χ2v) is 6.87. The van der Waals surface area contributed by atoms with Crippen molar-refractivity contribution in [2.75, 3.05) is 13.7 Å². The molecule has 1 aromatic heterocycles. The Morgan fingerprint density at radius 3 is 2.60 bits per heavy atom. The van der Waals surface area contributed by atoms with Gasteiger partial charge in [0.25, 0.3) is 0 Å². The SMILES string of the molecule is COc1cc(C(=O)O)nc2c3c(ccc12)CCC(CNC(CCC(=O)O)C(=O)O)=N3. The Balaban J connectivity index is 1.92. The molecule has 0 saturated heterocycles. The minimum absolute atomic E-state index is 0.0435. The molecule has 0 aliphatic carbocycles. The number of nitrogens with zero attached hydrogens (tertiary/aromatic N) is 2. The van der Waals surface area contributed by atoms with Crippen LogP contribution in [0.1, 0.15) is 35.3 Å². The van der Waals surface area contributed by atoms with Crippen molar-refractivity contribution in [2.24, 2.45) is 4.99 Å². The van der Waals surface area contributed by atoms with E-state index in [1.807, 2.05) is 12.1 Å². The van der Waals surface area contributed by atoms with E-state index in [0.717, 1.165) is 5.56 Å². The Morgan fingerprint density at radius 1 is 1.20 bits per heavy atom. The average molecular weight is 415 g/mol. The van der Waals surface area contributed by atoms with Gasteiger partial charge in [-0.25, -0.2) is 9.78 Å². The maximum absolute atomic E-state index is 11.4. The number of pyridine rings is 1. The van der Waals surface area contributed by atoms with Crippen LogP contribution in [0.4, 0.5) is 5.69 Å². The zero-order valence-electron chi connectivity index (χ0n) is 16.2. The molecule has 30 heavy (non-hydrogen) atoms. The van der Waals surface area contributed by atoms with Crippen molar-refractivity contribution in [1.29, 1.82) is 0 Å². The Morgan fingerprint density at radius 2 is 1.97 bits per heavy atom. The number of aromatic nitrogens is 1. The first-order valence-electron chi connectivity index (χ1n) is 9.28. The maximum atomic E-state index is 11.4. The van der Waals surface area contributed by atoms with Crippen LogP contribution in [-0.2, 0) is 16.0 Å². The molecule has 158 valence electrons. The van der Waals surface area contributed by atoms with Gasteiger partial charge < -0.3 is 20.1 Å². The lowest BCUT2D eigenvalue weighted by Gasteiger charge is -2.20. The van der Waals surface area contributed by atoms with Crippen LogP contribution in [0.25, 0.3) is 10.9 Å². The number of fused-ring (bicyclic) bond motifs is 3. The van der Waals surface area contributed by atoms with Gasteiger partial charge in [-0.05, 0) is 30.9 Å². The van der Waals surface area contributed by atoms with Gasteiger partial charge in [0.05, 0.1) is 12.8 Å². The predicted molar refractivity (Wildman–Crippen MR) is 107 cm³/mol. The number of rotatable bonds is 9. The quantitative estimate of drug-likeness (QED) is 0.479. The van der Waals surface area contributed by atoms with Crippen molar-refractivity contribution in [3.8, 4) is 5.75 Å². The summed E-state index contributed by atoms with van der Waals surface area (Å²) < 4.78 is 5.31. The summed E-state index contributed by atoms with van der Waals surface area (Å²) >= 11 is 0. The smallest absolute Gasteiger partial charge is 0.354 e. The van der Waals surface area contributed by atoms with E-state index in [4.69, 9.17) is 9.84 Å². The first kappa shape index (κ1) is 21.2. The molecular weight excluding hydrogens is 394 g/mol. The van der Waals surface area contributed by atoms with E-state index in [9.17, 15) is 24.6 Å². The van der Waals surface area contributed by atoms with Gasteiger partial charge in [-0.1, -0.05) is 6.07 Å². The molecule has 10 nitrogen and oxygen atoms in total. The van der Waals surface area contributed by atoms with Crippen molar-refractivity contribution >= 4 is 40.2 Å². The van der Waals surface area contributed by atoms with Crippen molar-refractivity contribution in [2.45, 2.75) is 31.7 Å². The summed E-state index contributed by atoms with van der Waals surface area (Å²) in [7, 11) is 1.45. The van der Waals surface area contributed by atoms with E-state index in [-0.39, 0.29) is 25.1 Å². The molecule has 1 unspecified atom stereocenters. The van der Waals surface area contributed by atoms with Crippen LogP contribution in [0.3, 0.4) is 0 Å². The van der Waals surface area contributed by atoms with Crippen molar-refractivity contribution in [3.63, 3.8) is 0 Å². The second-order valence-electron chi connectivity index (χ2n) is 6.87. The van der Waals surface area contributed by atoms with Crippen LogP contribution >= 0.6 is 0 Å². The molecule has 3 rings (SSSR count). The number of benzene rings is 1. The zero-order valence-corrected chi connectivity index (χ0v) is 16.2. The number of aromatic carboxylic acids is 1. The molecule has 0 spiro atoms. The molecule has 1 aliphatic heterocycles. The minimum Gasteiger partial charge on any atom is -0.496 e. The molecule has 1 aliphatic rings. The molecule has 2 heterocycles. The van der Waals surface area contributed by atoms with Crippen LogP contribution < -0.4 is 10.1 Å². The molecule has 10 heteroatoms. The van der Waals surface area contributed by atoms with E-state index in [2.05, 4.69) is 15.3 Å². The van der Waals surface area contributed by atoms with E-state index in [0.29, 0.717) is 40.9 Å². The average Bonchev–Trinajstić information content (AvgIpc) is 2.71. The van der Waals surface area contributed by atoms with Crippen LogP contribution in [0.2, 0.25) is 0 Å².